The Kier molecular flexibility index (Phi) is 7.05. The van der Waals surface area contributed by atoms with Crippen molar-refractivity contribution in [3.05, 3.63) is 218 Å². The van der Waals surface area contributed by atoms with Crippen molar-refractivity contribution in [1.29, 1.82) is 0 Å². The van der Waals surface area contributed by atoms with Crippen molar-refractivity contribution in [3.63, 3.8) is 0 Å². The summed E-state index contributed by atoms with van der Waals surface area (Å²) in [6, 6.07) is 80.6. The number of aromatic nitrogens is 2. The second-order valence-corrected chi connectivity index (χ2v) is 16.0. The summed E-state index contributed by atoms with van der Waals surface area (Å²) >= 11 is 0. The van der Waals surface area contributed by atoms with Crippen LogP contribution in [-0.4, -0.2) is 9.13 Å². The Morgan fingerprint density at radius 2 is 0.633 bits per heavy atom. The normalized spacial score (nSPS) is 12.0. The minimum atomic E-state index is 1.15. The third kappa shape index (κ3) is 4.76. The molecule has 0 unspecified atom stereocenters. The number of rotatable bonds is 5. The number of para-hydroxylation sites is 4. The highest BCUT2D eigenvalue weighted by Gasteiger charge is 2.20. The minimum absolute atomic E-state index is 1.15. The van der Waals surface area contributed by atoms with Crippen LogP contribution in [0.5, 0.6) is 0 Å². The van der Waals surface area contributed by atoms with E-state index in [1.165, 1.54) is 109 Å². The van der Waals surface area contributed by atoms with Crippen molar-refractivity contribution in [1.82, 2.24) is 9.13 Å². The Balaban J connectivity index is 1.05. The fourth-order valence-electron chi connectivity index (χ4n) is 10.3. The predicted octanol–water partition coefficient (Wildman–Crippen LogP) is 15.8. The van der Waals surface area contributed by atoms with Crippen LogP contribution in [0.1, 0.15) is 0 Å². The molecule has 278 valence electrons. The Morgan fingerprint density at radius 3 is 1.17 bits per heavy atom. The van der Waals surface area contributed by atoms with Crippen molar-refractivity contribution in [2.75, 3.05) is 0 Å². The number of nitrogens with zero attached hydrogens (tertiary/aromatic N) is 2. The van der Waals surface area contributed by atoms with E-state index in [1.807, 2.05) is 0 Å². The molecule has 0 aliphatic heterocycles. The SMILES string of the molecule is c1ccc(-c2cc(-c3cccc(-n4c5ccccc5c5ccccc54)c3)c3ccc4ccc(-c5cccc(-n6c7ccccc7c7ccccc76)c5)c5ccc2c3c45)cc1. The molecule has 0 radical (unpaired) electrons. The highest BCUT2D eigenvalue weighted by atomic mass is 15.0. The van der Waals surface area contributed by atoms with Gasteiger partial charge in [-0.05, 0) is 120 Å². The fourth-order valence-corrected chi connectivity index (χ4v) is 10.3. The van der Waals surface area contributed by atoms with E-state index >= 15 is 0 Å². The van der Waals surface area contributed by atoms with Gasteiger partial charge in [-0.15, -0.1) is 0 Å². The molecule has 13 aromatic rings. The predicted molar refractivity (Wildman–Crippen MR) is 255 cm³/mol. The first kappa shape index (κ1) is 33.1. The lowest BCUT2D eigenvalue weighted by Crippen LogP contribution is -1.96. The van der Waals surface area contributed by atoms with Crippen LogP contribution in [0, 0.1) is 0 Å². The van der Waals surface area contributed by atoms with E-state index < -0.39 is 0 Å². The van der Waals surface area contributed by atoms with E-state index in [4.69, 9.17) is 0 Å². The van der Waals surface area contributed by atoms with Gasteiger partial charge in [-0.3, -0.25) is 0 Å². The largest absolute Gasteiger partial charge is 0.309 e. The third-order valence-electron chi connectivity index (χ3n) is 12.9. The monoisotopic (exact) mass is 760 g/mol. The second kappa shape index (κ2) is 12.8. The second-order valence-electron chi connectivity index (χ2n) is 16.0. The first-order chi connectivity index (χ1) is 29.8. The molecule has 0 aliphatic carbocycles. The van der Waals surface area contributed by atoms with Gasteiger partial charge in [0.15, 0.2) is 0 Å². The molecule has 0 N–H and O–H groups in total. The highest BCUT2D eigenvalue weighted by molar-refractivity contribution is 6.30. The van der Waals surface area contributed by atoms with Gasteiger partial charge < -0.3 is 9.13 Å². The molecule has 0 atom stereocenters. The van der Waals surface area contributed by atoms with E-state index in [0.717, 1.165) is 11.4 Å². The average molecular weight is 761 g/mol. The Hall–Kier alpha value is -7.94. The lowest BCUT2D eigenvalue weighted by atomic mass is 9.84. The van der Waals surface area contributed by atoms with Gasteiger partial charge in [0.25, 0.3) is 0 Å². The van der Waals surface area contributed by atoms with E-state index in [1.54, 1.807) is 0 Å². The Bertz CT molecular complexity index is 3720. The summed E-state index contributed by atoms with van der Waals surface area (Å²) in [6.45, 7) is 0. The summed E-state index contributed by atoms with van der Waals surface area (Å²) in [6.07, 6.45) is 0. The van der Waals surface area contributed by atoms with Crippen molar-refractivity contribution >= 4 is 75.9 Å². The zero-order chi connectivity index (χ0) is 39.3. The molecule has 0 spiro atoms. The number of fused-ring (bicyclic) bond motifs is 6. The van der Waals surface area contributed by atoms with Crippen molar-refractivity contribution in [2.45, 2.75) is 0 Å². The summed E-state index contributed by atoms with van der Waals surface area (Å²) in [5, 5.41) is 12.7. The van der Waals surface area contributed by atoms with Gasteiger partial charge in [0.2, 0.25) is 0 Å². The Morgan fingerprint density at radius 1 is 0.233 bits per heavy atom. The summed E-state index contributed by atoms with van der Waals surface area (Å²) < 4.78 is 4.83. The first-order valence-corrected chi connectivity index (χ1v) is 20.8. The van der Waals surface area contributed by atoms with Gasteiger partial charge in [0, 0.05) is 32.9 Å². The van der Waals surface area contributed by atoms with Crippen molar-refractivity contribution in [2.24, 2.45) is 0 Å². The maximum Gasteiger partial charge on any atom is 0.0541 e. The van der Waals surface area contributed by atoms with Gasteiger partial charge in [-0.2, -0.15) is 0 Å². The molecule has 2 heterocycles. The van der Waals surface area contributed by atoms with Crippen LogP contribution >= 0.6 is 0 Å². The molecule has 0 saturated carbocycles. The van der Waals surface area contributed by atoms with Gasteiger partial charge >= 0.3 is 0 Å². The number of hydrogen-bond acceptors (Lipinski definition) is 0. The molecule has 2 aromatic heterocycles. The van der Waals surface area contributed by atoms with Crippen LogP contribution in [0.2, 0.25) is 0 Å². The smallest absolute Gasteiger partial charge is 0.0541 e. The lowest BCUT2D eigenvalue weighted by molar-refractivity contribution is 1.18. The molecular weight excluding hydrogens is 725 g/mol. The van der Waals surface area contributed by atoms with Crippen LogP contribution in [0.3, 0.4) is 0 Å². The summed E-state index contributed by atoms with van der Waals surface area (Å²) in [5.74, 6) is 0. The molecule has 2 nitrogen and oxygen atoms in total. The molecule has 13 rings (SSSR count). The Labute approximate surface area is 346 Å². The maximum atomic E-state index is 2.43. The maximum absolute atomic E-state index is 2.43. The fraction of sp³-hybridized carbons (Fsp3) is 0. The van der Waals surface area contributed by atoms with Crippen LogP contribution in [-0.2, 0) is 0 Å². The average Bonchev–Trinajstić information content (AvgIpc) is 3.84. The number of benzene rings is 11. The summed E-state index contributed by atoms with van der Waals surface area (Å²) in [7, 11) is 0. The summed E-state index contributed by atoms with van der Waals surface area (Å²) in [5.41, 5.74) is 14.5. The van der Waals surface area contributed by atoms with Crippen LogP contribution in [0.25, 0.3) is 121 Å². The van der Waals surface area contributed by atoms with Gasteiger partial charge in [-0.25, -0.2) is 0 Å². The molecular formula is C58H36N2. The van der Waals surface area contributed by atoms with Crippen LogP contribution in [0.15, 0.2) is 218 Å². The molecule has 0 bridgehead atoms. The number of hydrogen-bond donors (Lipinski definition) is 0. The van der Waals surface area contributed by atoms with Crippen LogP contribution in [0.4, 0.5) is 0 Å². The molecule has 0 saturated heterocycles. The van der Waals surface area contributed by atoms with Crippen molar-refractivity contribution < 1.29 is 0 Å². The molecule has 0 aliphatic rings. The standard InChI is InChI=1S/C58H36N2/c1-2-14-37(15-3-1)51-36-52(40-17-13-19-42(35-40)60-55-26-10-6-22-46(55)47-23-7-11-27-56(47)60)49-31-29-38-28-30-43(48-32-33-50(51)58(49)57(38)48)39-16-12-18-41(34-39)59-53-24-8-4-20-44(53)45-21-5-9-25-54(45)59/h1-36H. The molecule has 2 heteroatoms. The first-order valence-electron chi connectivity index (χ1n) is 20.8. The molecule has 0 fully saturated rings. The third-order valence-corrected chi connectivity index (χ3v) is 12.9. The zero-order valence-corrected chi connectivity index (χ0v) is 32.7. The van der Waals surface area contributed by atoms with Gasteiger partial charge in [0.05, 0.1) is 22.1 Å². The summed E-state index contributed by atoms with van der Waals surface area (Å²) in [4.78, 5) is 0. The molecule has 60 heavy (non-hydrogen) atoms. The van der Waals surface area contributed by atoms with E-state index in [9.17, 15) is 0 Å². The van der Waals surface area contributed by atoms with Crippen molar-refractivity contribution in [3.8, 4) is 44.8 Å². The highest BCUT2D eigenvalue weighted by Crippen LogP contribution is 2.47. The van der Waals surface area contributed by atoms with Gasteiger partial charge in [0.1, 0.15) is 0 Å². The zero-order valence-electron chi connectivity index (χ0n) is 32.7. The van der Waals surface area contributed by atoms with E-state index in [-0.39, 0.29) is 0 Å². The minimum Gasteiger partial charge on any atom is -0.309 e. The van der Waals surface area contributed by atoms with Gasteiger partial charge in [-0.1, -0.05) is 164 Å². The molecule has 0 amide bonds. The quantitative estimate of drug-likeness (QED) is 0.155. The van der Waals surface area contributed by atoms with Crippen LogP contribution < -0.4 is 0 Å². The lowest BCUT2D eigenvalue weighted by Gasteiger charge is -2.20. The topological polar surface area (TPSA) is 9.86 Å². The van der Waals surface area contributed by atoms with E-state index in [0.29, 0.717) is 0 Å². The van der Waals surface area contributed by atoms with E-state index in [2.05, 4.69) is 228 Å². The molecule has 11 aromatic carbocycles.